The maximum absolute atomic E-state index is 10.6. The summed E-state index contributed by atoms with van der Waals surface area (Å²) in [6.45, 7) is 4.67. The molecule has 0 saturated heterocycles. The minimum absolute atomic E-state index is 0.0145. The summed E-state index contributed by atoms with van der Waals surface area (Å²) in [5, 5.41) is 23.8. The predicted molar refractivity (Wildman–Crippen MR) is 70.7 cm³/mol. The van der Waals surface area contributed by atoms with E-state index in [4.69, 9.17) is 11.6 Å². The van der Waals surface area contributed by atoms with Gasteiger partial charge in [0.05, 0.1) is 11.0 Å². The van der Waals surface area contributed by atoms with Gasteiger partial charge in [0.2, 0.25) is 0 Å². The largest absolute Gasteiger partial charge is 0.392 e. The molecule has 0 bridgehead atoms. The summed E-state index contributed by atoms with van der Waals surface area (Å²) in [6.07, 6.45) is -0.442. The highest BCUT2D eigenvalue weighted by molar-refractivity contribution is 6.31. The third-order valence-corrected chi connectivity index (χ3v) is 3.05. The SMILES string of the molecule is CC(C)C(O)CNCc1cc([N+](=O)[O-])ccc1Cl. The lowest BCUT2D eigenvalue weighted by molar-refractivity contribution is -0.384. The topological polar surface area (TPSA) is 75.4 Å². The molecule has 18 heavy (non-hydrogen) atoms. The number of benzene rings is 1. The van der Waals surface area contributed by atoms with E-state index in [9.17, 15) is 15.2 Å². The van der Waals surface area contributed by atoms with Crippen LogP contribution in [-0.2, 0) is 6.54 Å². The van der Waals surface area contributed by atoms with Crippen molar-refractivity contribution in [2.45, 2.75) is 26.5 Å². The van der Waals surface area contributed by atoms with Crippen LogP contribution in [-0.4, -0.2) is 22.7 Å². The molecule has 1 unspecified atom stereocenters. The molecule has 2 N–H and O–H groups in total. The molecule has 1 atom stereocenters. The molecule has 1 aromatic rings. The zero-order valence-electron chi connectivity index (χ0n) is 10.4. The maximum Gasteiger partial charge on any atom is 0.269 e. The molecule has 0 fully saturated rings. The Hall–Kier alpha value is -1.17. The number of nitrogens with zero attached hydrogens (tertiary/aromatic N) is 1. The Balaban J connectivity index is 2.61. The first kappa shape index (κ1) is 14.9. The van der Waals surface area contributed by atoms with Gasteiger partial charge in [-0.3, -0.25) is 10.1 Å². The first-order valence-electron chi connectivity index (χ1n) is 5.73. The van der Waals surface area contributed by atoms with Crippen LogP contribution >= 0.6 is 11.6 Å². The van der Waals surface area contributed by atoms with E-state index >= 15 is 0 Å². The maximum atomic E-state index is 10.6. The third-order valence-electron chi connectivity index (χ3n) is 2.68. The molecule has 0 heterocycles. The van der Waals surface area contributed by atoms with Crippen molar-refractivity contribution < 1.29 is 10.0 Å². The Bertz CT molecular complexity index is 424. The van der Waals surface area contributed by atoms with Crippen molar-refractivity contribution in [3.05, 3.63) is 38.9 Å². The van der Waals surface area contributed by atoms with Crippen LogP contribution in [0.4, 0.5) is 5.69 Å². The van der Waals surface area contributed by atoms with Gasteiger partial charge < -0.3 is 10.4 Å². The Labute approximate surface area is 111 Å². The summed E-state index contributed by atoms with van der Waals surface area (Å²) >= 11 is 5.95. The Morgan fingerprint density at radius 3 is 2.72 bits per heavy atom. The van der Waals surface area contributed by atoms with Gasteiger partial charge in [0.15, 0.2) is 0 Å². The molecule has 5 nitrogen and oxygen atoms in total. The molecular formula is C12H17ClN2O3. The van der Waals surface area contributed by atoms with E-state index in [2.05, 4.69) is 5.32 Å². The van der Waals surface area contributed by atoms with Crippen LogP contribution in [0.3, 0.4) is 0 Å². The number of non-ortho nitro benzene ring substituents is 1. The average molecular weight is 273 g/mol. The van der Waals surface area contributed by atoms with Crippen LogP contribution in [0, 0.1) is 16.0 Å². The first-order chi connectivity index (χ1) is 8.41. The summed E-state index contributed by atoms with van der Waals surface area (Å²) in [4.78, 5) is 10.2. The molecule has 6 heteroatoms. The Morgan fingerprint density at radius 1 is 1.50 bits per heavy atom. The van der Waals surface area contributed by atoms with Gasteiger partial charge in [0.25, 0.3) is 5.69 Å². The highest BCUT2D eigenvalue weighted by Crippen LogP contribution is 2.21. The van der Waals surface area contributed by atoms with Crippen molar-refractivity contribution in [2.24, 2.45) is 5.92 Å². The number of nitrogens with one attached hydrogen (secondary N) is 1. The zero-order chi connectivity index (χ0) is 13.7. The lowest BCUT2D eigenvalue weighted by atomic mass is 10.1. The van der Waals surface area contributed by atoms with Gasteiger partial charge in [-0.1, -0.05) is 25.4 Å². The van der Waals surface area contributed by atoms with E-state index in [0.717, 1.165) is 0 Å². The van der Waals surface area contributed by atoms with Crippen LogP contribution in [0.1, 0.15) is 19.4 Å². The number of nitro benzene ring substituents is 1. The molecule has 0 aliphatic carbocycles. The highest BCUT2D eigenvalue weighted by atomic mass is 35.5. The molecule has 0 saturated carbocycles. The Kier molecular flexibility index (Phi) is 5.53. The molecule has 0 radical (unpaired) electrons. The fraction of sp³-hybridized carbons (Fsp3) is 0.500. The van der Waals surface area contributed by atoms with E-state index in [-0.39, 0.29) is 11.6 Å². The van der Waals surface area contributed by atoms with Crippen molar-refractivity contribution in [1.29, 1.82) is 0 Å². The van der Waals surface area contributed by atoms with Gasteiger partial charge in [0.1, 0.15) is 0 Å². The molecule has 100 valence electrons. The van der Waals surface area contributed by atoms with Crippen LogP contribution < -0.4 is 5.32 Å². The van der Waals surface area contributed by atoms with E-state index in [1.165, 1.54) is 18.2 Å². The Morgan fingerprint density at radius 2 is 2.17 bits per heavy atom. The second-order valence-corrected chi connectivity index (χ2v) is 4.88. The van der Waals surface area contributed by atoms with Gasteiger partial charge in [-0.05, 0) is 17.5 Å². The number of aliphatic hydroxyl groups is 1. The summed E-state index contributed by atoms with van der Waals surface area (Å²) in [5.74, 6) is 0.165. The van der Waals surface area contributed by atoms with E-state index in [1.54, 1.807) is 0 Å². The molecule has 1 rings (SSSR count). The van der Waals surface area contributed by atoms with Crippen molar-refractivity contribution in [1.82, 2.24) is 5.32 Å². The summed E-state index contributed by atoms with van der Waals surface area (Å²) in [7, 11) is 0. The summed E-state index contributed by atoms with van der Waals surface area (Å²) in [5.41, 5.74) is 0.669. The van der Waals surface area contributed by atoms with Crippen molar-refractivity contribution >= 4 is 17.3 Å². The zero-order valence-corrected chi connectivity index (χ0v) is 11.1. The molecular weight excluding hydrogens is 256 g/mol. The van der Waals surface area contributed by atoms with Gasteiger partial charge >= 0.3 is 0 Å². The van der Waals surface area contributed by atoms with Gasteiger partial charge in [-0.2, -0.15) is 0 Å². The molecule has 0 amide bonds. The quantitative estimate of drug-likeness (QED) is 0.616. The van der Waals surface area contributed by atoms with Crippen molar-refractivity contribution in [3.63, 3.8) is 0 Å². The smallest absolute Gasteiger partial charge is 0.269 e. The number of hydrogen-bond acceptors (Lipinski definition) is 4. The monoisotopic (exact) mass is 272 g/mol. The van der Waals surface area contributed by atoms with Crippen LogP contribution in [0.25, 0.3) is 0 Å². The van der Waals surface area contributed by atoms with Crippen molar-refractivity contribution in [2.75, 3.05) is 6.54 Å². The third kappa shape index (κ3) is 4.25. The standard InChI is InChI=1S/C12H17ClN2O3/c1-8(2)12(16)7-14-6-9-5-10(15(17)18)3-4-11(9)13/h3-5,8,12,14,16H,6-7H2,1-2H3. The van der Waals surface area contributed by atoms with Crippen LogP contribution in [0.5, 0.6) is 0 Å². The number of hydrogen-bond donors (Lipinski definition) is 2. The molecule has 1 aromatic carbocycles. The lowest BCUT2D eigenvalue weighted by Gasteiger charge is -2.15. The molecule has 0 aliphatic rings. The second kappa shape index (κ2) is 6.68. The lowest BCUT2D eigenvalue weighted by Crippen LogP contribution is -2.30. The molecule has 0 aromatic heterocycles. The summed E-state index contributed by atoms with van der Waals surface area (Å²) in [6, 6.07) is 4.32. The number of halogens is 1. The van der Waals surface area contributed by atoms with E-state index in [1.807, 2.05) is 13.8 Å². The fourth-order valence-electron chi connectivity index (χ4n) is 1.40. The van der Waals surface area contributed by atoms with Gasteiger partial charge in [0, 0.05) is 30.2 Å². The van der Waals surface area contributed by atoms with E-state index in [0.29, 0.717) is 23.7 Å². The number of nitro groups is 1. The van der Waals surface area contributed by atoms with Crippen LogP contribution in [0.15, 0.2) is 18.2 Å². The fourth-order valence-corrected chi connectivity index (χ4v) is 1.58. The molecule has 0 spiro atoms. The number of aliphatic hydroxyl groups excluding tert-OH is 1. The van der Waals surface area contributed by atoms with Crippen LogP contribution in [0.2, 0.25) is 5.02 Å². The molecule has 0 aliphatic heterocycles. The second-order valence-electron chi connectivity index (χ2n) is 4.48. The minimum atomic E-state index is -0.456. The predicted octanol–water partition coefficient (Wildman–Crippen LogP) is 2.35. The highest BCUT2D eigenvalue weighted by Gasteiger charge is 2.11. The van der Waals surface area contributed by atoms with Gasteiger partial charge in [-0.15, -0.1) is 0 Å². The normalized spacial score (nSPS) is 12.7. The minimum Gasteiger partial charge on any atom is -0.392 e. The average Bonchev–Trinajstić information content (AvgIpc) is 2.30. The summed E-state index contributed by atoms with van der Waals surface area (Å²) < 4.78 is 0. The number of rotatable bonds is 6. The van der Waals surface area contributed by atoms with Gasteiger partial charge in [-0.25, -0.2) is 0 Å². The van der Waals surface area contributed by atoms with Crippen molar-refractivity contribution in [3.8, 4) is 0 Å². The van der Waals surface area contributed by atoms with E-state index < -0.39 is 11.0 Å². The first-order valence-corrected chi connectivity index (χ1v) is 6.11.